The predicted octanol–water partition coefficient (Wildman–Crippen LogP) is 2.97. The van der Waals surface area contributed by atoms with Crippen molar-refractivity contribution in [3.8, 4) is 11.5 Å². The molecule has 2 aromatic rings. The van der Waals surface area contributed by atoms with Crippen molar-refractivity contribution in [2.45, 2.75) is 13.3 Å². The van der Waals surface area contributed by atoms with Gasteiger partial charge in [0.05, 0.1) is 25.8 Å². The number of anilines is 1. The Balaban J connectivity index is 1.86. The third-order valence-electron chi connectivity index (χ3n) is 3.81. The first kappa shape index (κ1) is 14.4. The molecule has 2 aromatic carbocycles. The first-order valence-corrected chi connectivity index (χ1v) is 7.35. The number of rotatable bonds is 3. The average molecular weight is 297 g/mol. The van der Waals surface area contributed by atoms with E-state index >= 15 is 0 Å². The van der Waals surface area contributed by atoms with Crippen molar-refractivity contribution < 1.29 is 14.3 Å². The van der Waals surface area contributed by atoms with Crippen LogP contribution in [0.4, 0.5) is 5.69 Å². The number of para-hydroxylation sites is 1. The summed E-state index contributed by atoms with van der Waals surface area (Å²) in [6.45, 7) is 3.11. The molecule has 0 unspecified atom stereocenters. The molecule has 1 heterocycles. The lowest BCUT2D eigenvalue weighted by Crippen LogP contribution is -2.39. The van der Waals surface area contributed by atoms with Crippen LogP contribution in [0.1, 0.15) is 11.1 Å². The molecular weight excluding hydrogens is 278 g/mol. The number of nitrogens with zero attached hydrogens (tertiary/aromatic N) is 1. The molecule has 0 atom stereocenters. The molecule has 0 aliphatic carbocycles. The third kappa shape index (κ3) is 2.77. The summed E-state index contributed by atoms with van der Waals surface area (Å²) < 4.78 is 11.0. The van der Waals surface area contributed by atoms with Gasteiger partial charge in [-0.3, -0.25) is 4.79 Å². The number of methoxy groups -OCH3 is 1. The van der Waals surface area contributed by atoms with Gasteiger partial charge in [-0.25, -0.2) is 0 Å². The highest BCUT2D eigenvalue weighted by Crippen LogP contribution is 2.33. The molecule has 0 bridgehead atoms. The van der Waals surface area contributed by atoms with Crippen LogP contribution in [0.25, 0.3) is 0 Å². The fraction of sp³-hybridized carbons (Fsp3) is 0.278. The highest BCUT2D eigenvalue weighted by atomic mass is 16.5. The maximum atomic E-state index is 12.7. The minimum absolute atomic E-state index is 0.0552. The van der Waals surface area contributed by atoms with Crippen molar-refractivity contribution in [1.82, 2.24) is 0 Å². The Morgan fingerprint density at radius 2 is 2.09 bits per heavy atom. The molecule has 1 amide bonds. The standard InChI is InChI=1S/C18H19NO3/c1-13-7-8-17-15(11-13)19(9-10-22-17)18(20)12-14-5-3-4-6-16(14)21-2/h3-8,11H,9-10,12H2,1-2H3. The molecule has 0 aromatic heterocycles. The zero-order valence-corrected chi connectivity index (χ0v) is 12.8. The fourth-order valence-electron chi connectivity index (χ4n) is 2.69. The molecule has 0 N–H and O–H groups in total. The Hall–Kier alpha value is -2.49. The van der Waals surface area contributed by atoms with Gasteiger partial charge in [0.2, 0.25) is 5.91 Å². The lowest BCUT2D eigenvalue weighted by molar-refractivity contribution is -0.118. The average Bonchev–Trinajstić information content (AvgIpc) is 2.54. The van der Waals surface area contributed by atoms with Gasteiger partial charge in [0, 0.05) is 5.56 Å². The van der Waals surface area contributed by atoms with Crippen LogP contribution in [0.3, 0.4) is 0 Å². The maximum Gasteiger partial charge on any atom is 0.231 e. The van der Waals surface area contributed by atoms with Crippen molar-refractivity contribution in [3.63, 3.8) is 0 Å². The third-order valence-corrected chi connectivity index (χ3v) is 3.81. The first-order chi connectivity index (χ1) is 10.7. The normalized spacial score (nSPS) is 13.3. The summed E-state index contributed by atoms with van der Waals surface area (Å²) in [5.41, 5.74) is 2.86. The van der Waals surface area contributed by atoms with Crippen molar-refractivity contribution in [2.24, 2.45) is 0 Å². The lowest BCUT2D eigenvalue weighted by atomic mass is 10.1. The molecule has 3 rings (SSSR count). The quantitative estimate of drug-likeness (QED) is 0.874. The summed E-state index contributed by atoms with van der Waals surface area (Å²) in [5, 5.41) is 0. The molecular formula is C18H19NO3. The molecule has 0 saturated carbocycles. The van der Waals surface area contributed by atoms with E-state index in [1.54, 1.807) is 12.0 Å². The number of aryl methyl sites for hydroxylation is 1. The summed E-state index contributed by atoms with van der Waals surface area (Å²) in [6.07, 6.45) is 0.317. The number of benzene rings is 2. The monoisotopic (exact) mass is 297 g/mol. The predicted molar refractivity (Wildman–Crippen MR) is 85.7 cm³/mol. The largest absolute Gasteiger partial charge is 0.496 e. The molecule has 0 spiro atoms. The number of hydrogen-bond donors (Lipinski definition) is 0. The van der Waals surface area contributed by atoms with E-state index < -0.39 is 0 Å². The van der Waals surface area contributed by atoms with Crippen molar-refractivity contribution in [3.05, 3.63) is 53.6 Å². The maximum absolute atomic E-state index is 12.7. The van der Waals surface area contributed by atoms with Crippen LogP contribution in [0, 0.1) is 6.92 Å². The van der Waals surface area contributed by atoms with Crippen molar-refractivity contribution in [1.29, 1.82) is 0 Å². The van der Waals surface area contributed by atoms with Crippen LogP contribution in [-0.4, -0.2) is 26.2 Å². The van der Waals surface area contributed by atoms with Crippen LogP contribution in [0.2, 0.25) is 0 Å². The van der Waals surface area contributed by atoms with Gasteiger partial charge in [-0.1, -0.05) is 24.3 Å². The number of carbonyl (C=O) groups is 1. The Morgan fingerprint density at radius 1 is 1.27 bits per heavy atom. The SMILES string of the molecule is COc1ccccc1CC(=O)N1CCOc2ccc(C)cc21. The van der Waals surface area contributed by atoms with E-state index in [0.29, 0.717) is 19.6 Å². The van der Waals surface area contributed by atoms with E-state index in [1.807, 2.05) is 49.4 Å². The van der Waals surface area contributed by atoms with Crippen LogP contribution in [-0.2, 0) is 11.2 Å². The minimum atomic E-state index is 0.0552. The minimum Gasteiger partial charge on any atom is -0.496 e. The van der Waals surface area contributed by atoms with Gasteiger partial charge < -0.3 is 14.4 Å². The summed E-state index contributed by atoms with van der Waals surface area (Å²) in [6, 6.07) is 13.5. The van der Waals surface area contributed by atoms with Gasteiger partial charge >= 0.3 is 0 Å². The number of hydrogen-bond acceptors (Lipinski definition) is 3. The van der Waals surface area contributed by atoms with Gasteiger partial charge in [0.1, 0.15) is 18.1 Å². The summed E-state index contributed by atoms with van der Waals surface area (Å²) in [5.74, 6) is 1.57. The fourth-order valence-corrected chi connectivity index (χ4v) is 2.69. The summed E-state index contributed by atoms with van der Waals surface area (Å²) >= 11 is 0. The summed E-state index contributed by atoms with van der Waals surface area (Å²) in [7, 11) is 1.62. The molecule has 1 aliphatic rings. The Morgan fingerprint density at radius 3 is 2.91 bits per heavy atom. The van der Waals surface area contributed by atoms with Crippen LogP contribution < -0.4 is 14.4 Å². The number of fused-ring (bicyclic) bond motifs is 1. The van der Waals surface area contributed by atoms with E-state index in [0.717, 1.165) is 28.3 Å². The second kappa shape index (κ2) is 6.10. The number of carbonyl (C=O) groups excluding carboxylic acids is 1. The first-order valence-electron chi connectivity index (χ1n) is 7.35. The number of amides is 1. The lowest BCUT2D eigenvalue weighted by Gasteiger charge is -2.30. The molecule has 114 valence electrons. The van der Waals surface area contributed by atoms with Crippen LogP contribution in [0.5, 0.6) is 11.5 Å². The van der Waals surface area contributed by atoms with Crippen molar-refractivity contribution in [2.75, 3.05) is 25.2 Å². The molecule has 0 saturated heterocycles. The van der Waals surface area contributed by atoms with E-state index in [9.17, 15) is 4.79 Å². The zero-order chi connectivity index (χ0) is 15.5. The Labute approximate surface area is 130 Å². The van der Waals surface area contributed by atoms with Gasteiger partial charge in [-0.2, -0.15) is 0 Å². The second-order valence-corrected chi connectivity index (χ2v) is 5.35. The smallest absolute Gasteiger partial charge is 0.231 e. The summed E-state index contributed by atoms with van der Waals surface area (Å²) in [4.78, 5) is 14.5. The van der Waals surface area contributed by atoms with Crippen LogP contribution in [0.15, 0.2) is 42.5 Å². The Kier molecular flexibility index (Phi) is 4.00. The number of ether oxygens (including phenoxy) is 2. The second-order valence-electron chi connectivity index (χ2n) is 5.35. The van der Waals surface area contributed by atoms with E-state index in [-0.39, 0.29) is 5.91 Å². The molecule has 4 heteroatoms. The van der Waals surface area contributed by atoms with Gasteiger partial charge in [0.25, 0.3) is 0 Å². The van der Waals surface area contributed by atoms with Gasteiger partial charge in [-0.15, -0.1) is 0 Å². The van der Waals surface area contributed by atoms with Gasteiger partial charge in [-0.05, 0) is 30.7 Å². The van der Waals surface area contributed by atoms with Crippen LogP contribution >= 0.6 is 0 Å². The zero-order valence-electron chi connectivity index (χ0n) is 12.8. The van der Waals surface area contributed by atoms with E-state index in [4.69, 9.17) is 9.47 Å². The van der Waals surface area contributed by atoms with Crippen molar-refractivity contribution >= 4 is 11.6 Å². The molecule has 0 fully saturated rings. The molecule has 0 radical (unpaired) electrons. The molecule has 4 nitrogen and oxygen atoms in total. The molecule has 1 aliphatic heterocycles. The van der Waals surface area contributed by atoms with E-state index in [2.05, 4.69) is 0 Å². The molecule has 22 heavy (non-hydrogen) atoms. The topological polar surface area (TPSA) is 38.8 Å². The highest BCUT2D eigenvalue weighted by molar-refractivity contribution is 5.97. The highest BCUT2D eigenvalue weighted by Gasteiger charge is 2.24. The van der Waals surface area contributed by atoms with E-state index in [1.165, 1.54) is 0 Å². The van der Waals surface area contributed by atoms with Gasteiger partial charge in [0.15, 0.2) is 0 Å². The Bertz CT molecular complexity index is 696.